The summed E-state index contributed by atoms with van der Waals surface area (Å²) in [6, 6.07) is 0. The minimum Gasteiger partial charge on any atom is -0.481 e. The number of carboxylic acids is 1. The number of carbonyl (C=O) groups is 1. The number of rotatable bonds is 5. The van der Waals surface area contributed by atoms with Gasteiger partial charge >= 0.3 is 5.97 Å². The van der Waals surface area contributed by atoms with E-state index >= 15 is 0 Å². The molecular weight excluding hydrogens is 168 g/mol. The molecule has 0 radical (unpaired) electrons. The molecule has 66 valence electrons. The molecule has 0 aliphatic heterocycles. The third-order valence-electron chi connectivity index (χ3n) is 1.11. The van der Waals surface area contributed by atoms with Gasteiger partial charge in [0.15, 0.2) is 0 Å². The molecule has 0 saturated heterocycles. The minimum atomic E-state index is -1.17. The van der Waals surface area contributed by atoms with Crippen LogP contribution in [0.3, 0.4) is 0 Å². The van der Waals surface area contributed by atoms with Crippen LogP contribution < -0.4 is 0 Å². The van der Waals surface area contributed by atoms with E-state index < -0.39 is 22.7 Å². The van der Waals surface area contributed by atoms with E-state index in [0.717, 1.165) is 0 Å². The van der Waals surface area contributed by atoms with E-state index in [4.69, 9.17) is 5.11 Å². The highest BCUT2D eigenvalue weighted by Crippen LogP contribution is 1.98. The van der Waals surface area contributed by atoms with Gasteiger partial charge < -0.3 is 9.84 Å². The van der Waals surface area contributed by atoms with Crippen LogP contribution in [0.4, 0.5) is 0 Å². The second-order valence-electron chi connectivity index (χ2n) is 2.25. The van der Waals surface area contributed by atoms with E-state index in [0.29, 0.717) is 0 Å². The summed E-state index contributed by atoms with van der Waals surface area (Å²) >= 11 is 0. The molecule has 0 aromatic rings. The maximum atomic E-state index is 10.9. The Morgan fingerprint density at radius 2 is 2.27 bits per heavy atom. The van der Waals surface area contributed by atoms with Gasteiger partial charge in [-0.05, 0) is 0 Å². The lowest BCUT2D eigenvalue weighted by Crippen LogP contribution is -2.19. The van der Waals surface area contributed by atoms with Crippen molar-refractivity contribution in [1.82, 2.24) is 0 Å². The van der Waals surface area contributed by atoms with Gasteiger partial charge in [0.05, 0.1) is 5.92 Å². The van der Waals surface area contributed by atoms with E-state index in [1.54, 1.807) is 0 Å². The second-order valence-corrected chi connectivity index (χ2v) is 3.70. The van der Waals surface area contributed by atoms with Gasteiger partial charge in [-0.25, -0.2) is 0 Å². The number of ether oxygens (including phenoxy) is 1. The standard InChI is InChI=1S/C6H12O4S/c1-5(6(7)8)3-11(9)4-10-2/h5H,3-4H2,1-2H3,(H,7,8). The molecule has 0 saturated carbocycles. The SMILES string of the molecule is COCS(=O)CC(C)C(=O)O. The highest BCUT2D eigenvalue weighted by molar-refractivity contribution is 7.84. The topological polar surface area (TPSA) is 63.6 Å². The lowest BCUT2D eigenvalue weighted by Gasteiger charge is -2.04. The first kappa shape index (κ1) is 10.6. The van der Waals surface area contributed by atoms with Crippen LogP contribution in [-0.2, 0) is 20.3 Å². The van der Waals surface area contributed by atoms with Crippen molar-refractivity contribution in [3.63, 3.8) is 0 Å². The Labute approximate surface area is 68.0 Å². The Morgan fingerprint density at radius 1 is 1.73 bits per heavy atom. The quantitative estimate of drug-likeness (QED) is 0.649. The van der Waals surface area contributed by atoms with Crippen molar-refractivity contribution in [3.05, 3.63) is 0 Å². The molecule has 4 nitrogen and oxygen atoms in total. The molecule has 0 amide bonds. The highest BCUT2D eigenvalue weighted by Gasteiger charge is 2.13. The van der Waals surface area contributed by atoms with Crippen molar-refractivity contribution in [2.75, 3.05) is 18.8 Å². The Bertz CT molecular complexity index is 157. The second kappa shape index (κ2) is 5.26. The van der Waals surface area contributed by atoms with Gasteiger partial charge in [-0.3, -0.25) is 9.00 Å². The van der Waals surface area contributed by atoms with E-state index in [2.05, 4.69) is 4.74 Å². The molecule has 0 aromatic carbocycles. The molecule has 0 bridgehead atoms. The zero-order valence-corrected chi connectivity index (χ0v) is 7.39. The molecule has 0 spiro atoms. The predicted octanol–water partition coefficient (Wildman–Crippen LogP) is 0.0597. The average Bonchev–Trinajstić information content (AvgIpc) is 1.87. The molecule has 1 N–H and O–H groups in total. The molecule has 0 rings (SSSR count). The third-order valence-corrected chi connectivity index (χ3v) is 2.48. The summed E-state index contributed by atoms with van der Waals surface area (Å²) in [6.45, 7) is 1.52. The van der Waals surface area contributed by atoms with E-state index in [9.17, 15) is 9.00 Å². The van der Waals surface area contributed by atoms with Crippen LogP contribution >= 0.6 is 0 Å². The van der Waals surface area contributed by atoms with Crippen molar-refractivity contribution in [3.8, 4) is 0 Å². The van der Waals surface area contributed by atoms with Crippen LogP contribution in [0, 0.1) is 5.92 Å². The van der Waals surface area contributed by atoms with Crippen LogP contribution in [0.25, 0.3) is 0 Å². The van der Waals surface area contributed by atoms with Crippen molar-refractivity contribution in [2.45, 2.75) is 6.92 Å². The summed E-state index contributed by atoms with van der Waals surface area (Å²) in [4.78, 5) is 10.3. The van der Waals surface area contributed by atoms with Crippen molar-refractivity contribution < 1.29 is 18.8 Å². The first-order valence-electron chi connectivity index (χ1n) is 3.14. The van der Waals surface area contributed by atoms with Crippen molar-refractivity contribution in [1.29, 1.82) is 0 Å². The summed E-state index contributed by atoms with van der Waals surface area (Å²) in [5.74, 6) is -1.22. The third kappa shape index (κ3) is 4.92. The van der Waals surface area contributed by atoms with Gasteiger partial charge in [-0.2, -0.15) is 0 Å². The van der Waals surface area contributed by atoms with Gasteiger partial charge in [0, 0.05) is 23.7 Å². The molecule has 2 atom stereocenters. The fraction of sp³-hybridized carbons (Fsp3) is 0.833. The summed E-state index contributed by atoms with van der Waals surface area (Å²) in [6.07, 6.45) is 0. The number of hydrogen-bond donors (Lipinski definition) is 1. The molecular formula is C6H12O4S. The number of carboxylic acid groups (broad SMARTS) is 1. The number of methoxy groups -OCH3 is 1. The van der Waals surface area contributed by atoms with Crippen LogP contribution in [0.15, 0.2) is 0 Å². The van der Waals surface area contributed by atoms with Crippen LogP contribution in [0.2, 0.25) is 0 Å². The van der Waals surface area contributed by atoms with E-state index in [1.807, 2.05) is 0 Å². The maximum Gasteiger partial charge on any atom is 0.307 e. The smallest absolute Gasteiger partial charge is 0.307 e. The summed E-state index contributed by atoms with van der Waals surface area (Å²) in [7, 11) is 0.260. The summed E-state index contributed by atoms with van der Waals surface area (Å²) in [5.41, 5.74) is 0. The average molecular weight is 180 g/mol. The monoisotopic (exact) mass is 180 g/mol. The molecule has 0 aromatic heterocycles. The largest absolute Gasteiger partial charge is 0.481 e. The molecule has 11 heavy (non-hydrogen) atoms. The predicted molar refractivity (Wildman–Crippen MR) is 41.7 cm³/mol. The summed E-state index contributed by atoms with van der Waals surface area (Å²) in [5, 5.41) is 8.42. The molecule has 2 unspecified atom stereocenters. The van der Waals surface area contributed by atoms with Gasteiger partial charge in [-0.15, -0.1) is 0 Å². The van der Waals surface area contributed by atoms with Crippen LogP contribution in [-0.4, -0.2) is 34.1 Å². The lowest BCUT2D eigenvalue weighted by atomic mass is 10.2. The normalized spacial score (nSPS) is 15.8. The number of hydrogen-bond acceptors (Lipinski definition) is 3. The molecule has 0 aliphatic rings. The number of aliphatic carboxylic acids is 1. The Hall–Kier alpha value is -0.420. The zero-order chi connectivity index (χ0) is 8.85. The van der Waals surface area contributed by atoms with Crippen molar-refractivity contribution >= 4 is 16.8 Å². The van der Waals surface area contributed by atoms with Crippen LogP contribution in [0.5, 0.6) is 0 Å². The van der Waals surface area contributed by atoms with Gasteiger partial charge in [0.25, 0.3) is 0 Å². The van der Waals surface area contributed by atoms with Crippen LogP contribution in [0.1, 0.15) is 6.92 Å². The first-order chi connectivity index (χ1) is 5.07. The zero-order valence-electron chi connectivity index (χ0n) is 6.57. The Balaban J connectivity index is 3.66. The van der Waals surface area contributed by atoms with Gasteiger partial charge in [-0.1, -0.05) is 6.92 Å². The first-order valence-corrected chi connectivity index (χ1v) is 4.63. The van der Waals surface area contributed by atoms with Crippen molar-refractivity contribution in [2.24, 2.45) is 5.92 Å². The Morgan fingerprint density at radius 3 is 2.64 bits per heavy atom. The molecule has 0 aliphatic carbocycles. The molecule has 0 fully saturated rings. The van der Waals surface area contributed by atoms with E-state index in [-0.39, 0.29) is 11.7 Å². The minimum absolute atomic E-state index is 0.109. The summed E-state index contributed by atoms with van der Waals surface area (Å²) < 4.78 is 15.5. The molecule has 0 heterocycles. The van der Waals surface area contributed by atoms with Gasteiger partial charge in [0.2, 0.25) is 0 Å². The fourth-order valence-corrected chi connectivity index (χ4v) is 1.59. The van der Waals surface area contributed by atoms with Gasteiger partial charge in [0.1, 0.15) is 5.94 Å². The highest BCUT2D eigenvalue weighted by atomic mass is 32.2. The van der Waals surface area contributed by atoms with E-state index in [1.165, 1.54) is 14.0 Å². The maximum absolute atomic E-state index is 10.9. The fourth-order valence-electron chi connectivity index (χ4n) is 0.530. The Kier molecular flexibility index (Phi) is 5.06. The molecule has 5 heteroatoms. The lowest BCUT2D eigenvalue weighted by molar-refractivity contribution is -0.140.